The Hall–Kier alpha value is -3.33. The summed E-state index contributed by atoms with van der Waals surface area (Å²) < 4.78 is 15.9. The lowest BCUT2D eigenvalue weighted by molar-refractivity contribution is -0.330. The quantitative estimate of drug-likeness (QED) is 0.138. The van der Waals surface area contributed by atoms with E-state index < -0.39 is 5.83 Å². The van der Waals surface area contributed by atoms with Crippen molar-refractivity contribution in [2.75, 3.05) is 0 Å². The monoisotopic (exact) mass is 499 g/mol. The molecule has 1 aromatic rings. The Morgan fingerprint density at radius 3 is 2.35 bits per heavy atom. The van der Waals surface area contributed by atoms with E-state index >= 15 is 0 Å². The first-order valence-corrected chi connectivity index (χ1v) is 13.2. The molecule has 1 aliphatic heterocycles. The molecular formula is C34H44FN2+. The zero-order valence-electron chi connectivity index (χ0n) is 23.5. The molecule has 0 aromatic heterocycles. The van der Waals surface area contributed by atoms with Crippen LogP contribution in [0.3, 0.4) is 0 Å². The minimum Gasteiger partial charge on any atom is -0.202 e. The van der Waals surface area contributed by atoms with E-state index in [1.165, 1.54) is 28.9 Å². The molecule has 3 heteroatoms. The molecule has 0 spiro atoms. The van der Waals surface area contributed by atoms with E-state index in [0.717, 1.165) is 54.6 Å². The molecule has 2 unspecified atom stereocenters. The van der Waals surface area contributed by atoms with E-state index in [1.54, 1.807) is 10.9 Å². The molecule has 0 aliphatic carbocycles. The highest BCUT2D eigenvalue weighted by Crippen LogP contribution is 2.42. The molecule has 37 heavy (non-hydrogen) atoms. The smallest absolute Gasteiger partial charge is 0.202 e. The van der Waals surface area contributed by atoms with Crippen LogP contribution in [0.15, 0.2) is 103 Å². The van der Waals surface area contributed by atoms with Gasteiger partial charge in [0.15, 0.2) is 17.2 Å². The molecule has 0 saturated carbocycles. The SMILES string of the molecule is C=CCC(CC)CCC(CC)(C(=C)C)c1ccc(C(=C)/C=C2/N=C[N+](C(/C=C)=C(\F)C=C)=C2C)cc1C. The molecule has 0 saturated heterocycles. The van der Waals surface area contributed by atoms with Crippen LogP contribution in [-0.2, 0) is 5.41 Å². The summed E-state index contributed by atoms with van der Waals surface area (Å²) in [5, 5.41) is 0. The van der Waals surface area contributed by atoms with Crippen LogP contribution >= 0.6 is 0 Å². The standard InChI is InChI=1S/C34H44FN2/c1-11-16-28(12-2)19-20-34(15-5,24(6)7)30-18-17-29(21-26(30)9)25(8)22-32-27(10)37(23-36-32)33(14-4)31(35)13-3/h11,13-14,17-18,21-23,28H,1,3-4,6,8,12,15-16,19-20H2,2,5,7,9-10H3/q+1/b32-22+,33-31-. The van der Waals surface area contributed by atoms with Crippen LogP contribution < -0.4 is 0 Å². The number of halogens is 1. The van der Waals surface area contributed by atoms with Gasteiger partial charge in [0.05, 0.1) is 0 Å². The average molecular weight is 500 g/mol. The third kappa shape index (κ3) is 6.52. The van der Waals surface area contributed by atoms with Gasteiger partial charge in [-0.25, -0.2) is 4.39 Å². The predicted octanol–water partition coefficient (Wildman–Crippen LogP) is 9.57. The summed E-state index contributed by atoms with van der Waals surface area (Å²) in [6.45, 7) is 30.7. The molecule has 1 aliphatic rings. The van der Waals surface area contributed by atoms with Crippen LogP contribution in [0.4, 0.5) is 4.39 Å². The van der Waals surface area contributed by atoms with Crippen molar-refractivity contribution in [1.82, 2.24) is 0 Å². The molecule has 1 aromatic carbocycles. The highest BCUT2D eigenvalue weighted by Gasteiger charge is 2.33. The number of rotatable bonds is 14. The molecule has 2 rings (SSSR count). The van der Waals surface area contributed by atoms with E-state index in [2.05, 4.69) is 83.8 Å². The van der Waals surface area contributed by atoms with Crippen LogP contribution in [0.1, 0.15) is 76.5 Å². The first kappa shape index (κ1) is 29.9. The molecule has 0 amide bonds. The second-order valence-corrected chi connectivity index (χ2v) is 9.98. The summed E-state index contributed by atoms with van der Waals surface area (Å²) in [4.78, 5) is 4.49. The van der Waals surface area contributed by atoms with Crippen molar-refractivity contribution in [3.8, 4) is 0 Å². The molecule has 1 heterocycles. The van der Waals surface area contributed by atoms with Crippen molar-refractivity contribution in [3.63, 3.8) is 0 Å². The van der Waals surface area contributed by atoms with Crippen molar-refractivity contribution < 1.29 is 8.97 Å². The van der Waals surface area contributed by atoms with E-state index in [-0.39, 0.29) is 5.41 Å². The highest BCUT2D eigenvalue weighted by molar-refractivity contribution is 6.02. The van der Waals surface area contributed by atoms with Crippen molar-refractivity contribution in [2.24, 2.45) is 10.9 Å². The van der Waals surface area contributed by atoms with Crippen molar-refractivity contribution in [1.29, 1.82) is 0 Å². The molecule has 0 N–H and O–H groups in total. The number of hydrogen-bond acceptors (Lipinski definition) is 1. The molecular weight excluding hydrogens is 455 g/mol. The minimum absolute atomic E-state index is 0.0553. The van der Waals surface area contributed by atoms with E-state index in [9.17, 15) is 4.39 Å². The maximum absolute atomic E-state index is 14.2. The fourth-order valence-corrected chi connectivity index (χ4v) is 5.29. The van der Waals surface area contributed by atoms with Gasteiger partial charge in [0, 0.05) is 18.4 Å². The first-order chi connectivity index (χ1) is 17.6. The van der Waals surface area contributed by atoms with Crippen LogP contribution in [0.25, 0.3) is 5.57 Å². The van der Waals surface area contributed by atoms with Gasteiger partial charge in [-0.1, -0.05) is 76.4 Å². The maximum Gasteiger partial charge on any atom is 0.292 e. The van der Waals surface area contributed by atoms with Gasteiger partial charge in [0.1, 0.15) is 0 Å². The fraction of sp³-hybridized carbons (Fsp3) is 0.353. The number of nitrogens with zero attached hydrogens (tertiary/aromatic N) is 2. The fourth-order valence-electron chi connectivity index (χ4n) is 5.29. The molecule has 2 nitrogen and oxygen atoms in total. The number of benzene rings is 1. The summed E-state index contributed by atoms with van der Waals surface area (Å²) in [5.74, 6) is 0.204. The lowest BCUT2D eigenvalue weighted by atomic mass is 9.67. The molecule has 0 fully saturated rings. The lowest BCUT2D eigenvalue weighted by Gasteiger charge is -2.37. The summed E-state index contributed by atoms with van der Waals surface area (Å²) in [6.07, 6.45) is 13.7. The van der Waals surface area contributed by atoms with Gasteiger partial charge in [-0.3, -0.25) is 0 Å². The summed E-state index contributed by atoms with van der Waals surface area (Å²) in [7, 11) is 0. The second-order valence-electron chi connectivity index (χ2n) is 9.98. The van der Waals surface area contributed by atoms with Crippen LogP contribution in [0.5, 0.6) is 0 Å². The highest BCUT2D eigenvalue weighted by atomic mass is 19.1. The van der Waals surface area contributed by atoms with Crippen molar-refractivity contribution >= 4 is 17.6 Å². The zero-order valence-corrected chi connectivity index (χ0v) is 23.5. The van der Waals surface area contributed by atoms with Gasteiger partial charge in [-0.2, -0.15) is 4.58 Å². The van der Waals surface area contributed by atoms with Crippen molar-refractivity contribution in [3.05, 3.63) is 115 Å². The van der Waals surface area contributed by atoms with Gasteiger partial charge in [0.25, 0.3) is 6.34 Å². The van der Waals surface area contributed by atoms with Crippen LogP contribution in [-0.4, -0.2) is 16.6 Å². The Morgan fingerprint density at radius 1 is 1.14 bits per heavy atom. The third-order valence-electron chi connectivity index (χ3n) is 7.82. The first-order valence-electron chi connectivity index (χ1n) is 13.2. The molecule has 2 atom stereocenters. The van der Waals surface area contributed by atoms with Gasteiger partial charge >= 0.3 is 0 Å². The Morgan fingerprint density at radius 2 is 1.84 bits per heavy atom. The molecule has 196 valence electrons. The second kappa shape index (κ2) is 13.3. The molecule has 0 radical (unpaired) electrons. The van der Waals surface area contributed by atoms with Gasteiger partial charge in [-0.05, 0) is 84.9 Å². The number of allylic oxidation sites excluding steroid dienone is 8. The van der Waals surface area contributed by atoms with Crippen LogP contribution in [0.2, 0.25) is 0 Å². The number of aliphatic imine (C=N–C) groups is 1. The van der Waals surface area contributed by atoms with Gasteiger partial charge in [-0.15, -0.1) is 6.58 Å². The Kier molecular flexibility index (Phi) is 10.7. The predicted molar refractivity (Wildman–Crippen MR) is 161 cm³/mol. The zero-order chi connectivity index (χ0) is 27.8. The normalized spacial score (nSPS) is 17.3. The largest absolute Gasteiger partial charge is 0.292 e. The Balaban J connectivity index is 2.41. The minimum atomic E-state index is -0.446. The summed E-state index contributed by atoms with van der Waals surface area (Å²) in [6, 6.07) is 6.61. The average Bonchev–Trinajstić information content (AvgIpc) is 3.23. The Bertz CT molecular complexity index is 1200. The van der Waals surface area contributed by atoms with Gasteiger partial charge < -0.3 is 0 Å². The van der Waals surface area contributed by atoms with Crippen LogP contribution in [0, 0.1) is 12.8 Å². The van der Waals surface area contributed by atoms with Gasteiger partial charge in [0.2, 0.25) is 5.70 Å². The summed E-state index contributed by atoms with van der Waals surface area (Å²) >= 11 is 0. The van der Waals surface area contributed by atoms with Crippen molar-refractivity contribution in [2.45, 2.75) is 72.1 Å². The number of aryl methyl sites for hydroxylation is 1. The topological polar surface area (TPSA) is 15.4 Å². The Labute approximate surface area is 224 Å². The summed E-state index contributed by atoms with van der Waals surface area (Å²) in [5.41, 5.74) is 7.49. The number of hydrogen-bond donors (Lipinski definition) is 0. The van der Waals surface area contributed by atoms with E-state index in [1.807, 2.05) is 19.1 Å². The van der Waals surface area contributed by atoms with E-state index in [4.69, 9.17) is 0 Å². The maximum atomic E-state index is 14.2. The lowest BCUT2D eigenvalue weighted by Crippen LogP contribution is -2.28. The van der Waals surface area contributed by atoms with E-state index in [0.29, 0.717) is 11.6 Å². The molecule has 0 bridgehead atoms. The third-order valence-corrected chi connectivity index (χ3v) is 7.82.